The standard InChI is InChI=1S/C50H54N4O2/c1-47(2,3)41-31-19-25-37(43(41)55)33-53-46(36-23-13-8-14-24-36)50(40-29-17-10-18-30-40,54-34-38-26-20-32-42(44(38)56)48(4,5)6)49(52,39-27-15-9-16-28-39)45(51)35-21-11-7-12-22-35/h7-34,45-46,55-56H,51-52H2,1-6H3/t45?,46-,49?,50+/m0/s1. The molecule has 0 aliphatic carbocycles. The van der Waals surface area contributed by atoms with E-state index in [9.17, 15) is 10.2 Å². The van der Waals surface area contributed by atoms with Crippen LogP contribution in [0.25, 0.3) is 0 Å². The van der Waals surface area contributed by atoms with Crippen LogP contribution >= 0.6 is 0 Å². The molecule has 0 amide bonds. The van der Waals surface area contributed by atoms with E-state index in [1.54, 1.807) is 12.4 Å². The fraction of sp³-hybridized carbons (Fsp3) is 0.240. The minimum absolute atomic E-state index is 0.143. The molecule has 6 aromatic carbocycles. The van der Waals surface area contributed by atoms with Gasteiger partial charge in [-0.25, -0.2) is 0 Å². The number of phenols is 2. The van der Waals surface area contributed by atoms with Crippen molar-refractivity contribution in [2.24, 2.45) is 21.5 Å². The van der Waals surface area contributed by atoms with Crippen LogP contribution in [0.3, 0.4) is 0 Å². The van der Waals surface area contributed by atoms with Gasteiger partial charge in [-0.05, 0) is 56.3 Å². The minimum Gasteiger partial charge on any atom is -0.507 e. The lowest BCUT2D eigenvalue weighted by molar-refractivity contribution is 0.150. The van der Waals surface area contributed by atoms with E-state index in [2.05, 4.69) is 41.5 Å². The van der Waals surface area contributed by atoms with Crippen molar-refractivity contribution in [1.82, 2.24) is 0 Å². The molecule has 4 atom stereocenters. The molecule has 6 aromatic rings. The highest BCUT2D eigenvalue weighted by Crippen LogP contribution is 2.56. The lowest BCUT2D eigenvalue weighted by Crippen LogP contribution is -2.62. The third-order valence-corrected chi connectivity index (χ3v) is 10.8. The average molecular weight is 743 g/mol. The second-order valence-corrected chi connectivity index (χ2v) is 16.6. The SMILES string of the molecule is CC(C)(C)c1cccc(C=N[C@@H](c2ccccc2)[C@](N=Cc2cccc(C(C)(C)C)c2O)(c2ccccc2)C(N)(c2ccccc2)C(N)c2ccccc2)c1O. The van der Waals surface area contributed by atoms with Crippen molar-refractivity contribution in [2.45, 2.75) is 75.5 Å². The van der Waals surface area contributed by atoms with E-state index in [0.717, 1.165) is 33.4 Å². The van der Waals surface area contributed by atoms with Gasteiger partial charge in [0.05, 0.1) is 11.6 Å². The van der Waals surface area contributed by atoms with Gasteiger partial charge in [0.1, 0.15) is 23.1 Å². The minimum atomic E-state index is -1.50. The Balaban J connectivity index is 1.78. The van der Waals surface area contributed by atoms with Crippen molar-refractivity contribution in [3.63, 3.8) is 0 Å². The van der Waals surface area contributed by atoms with Crippen LogP contribution in [0, 0.1) is 0 Å². The molecular weight excluding hydrogens is 689 g/mol. The molecule has 0 saturated heterocycles. The van der Waals surface area contributed by atoms with Crippen molar-refractivity contribution in [2.75, 3.05) is 0 Å². The number of nitrogens with two attached hydrogens (primary N) is 2. The number of benzene rings is 6. The van der Waals surface area contributed by atoms with Gasteiger partial charge in [-0.2, -0.15) is 0 Å². The third-order valence-electron chi connectivity index (χ3n) is 10.8. The number of hydrogen-bond donors (Lipinski definition) is 4. The van der Waals surface area contributed by atoms with Crippen LogP contribution in [0.15, 0.2) is 168 Å². The molecule has 6 heteroatoms. The molecule has 0 aliphatic heterocycles. The van der Waals surface area contributed by atoms with Crippen molar-refractivity contribution in [1.29, 1.82) is 0 Å². The Hall–Kier alpha value is -5.82. The summed E-state index contributed by atoms with van der Waals surface area (Å²) < 4.78 is 0. The van der Waals surface area contributed by atoms with E-state index >= 15 is 0 Å². The number of aromatic hydroxyl groups is 2. The molecule has 0 saturated carbocycles. The van der Waals surface area contributed by atoms with Crippen LogP contribution in [0.2, 0.25) is 0 Å². The van der Waals surface area contributed by atoms with Crippen LogP contribution in [0.5, 0.6) is 11.5 Å². The lowest BCUT2D eigenvalue weighted by atomic mass is 9.60. The van der Waals surface area contributed by atoms with Crippen LogP contribution in [0.1, 0.15) is 98.1 Å². The zero-order valence-corrected chi connectivity index (χ0v) is 33.3. The molecule has 0 aromatic heterocycles. The Bertz CT molecular complexity index is 2280. The molecule has 0 aliphatic rings. The fourth-order valence-corrected chi connectivity index (χ4v) is 7.78. The van der Waals surface area contributed by atoms with E-state index in [1.807, 2.05) is 158 Å². The summed E-state index contributed by atoms with van der Waals surface area (Å²) in [6.07, 6.45) is 3.45. The molecule has 6 rings (SSSR count). The summed E-state index contributed by atoms with van der Waals surface area (Å²) in [7, 11) is 0. The number of para-hydroxylation sites is 2. The molecule has 0 bridgehead atoms. The fourth-order valence-electron chi connectivity index (χ4n) is 7.78. The number of nitrogens with zero attached hydrogens (tertiary/aromatic N) is 2. The van der Waals surface area contributed by atoms with Gasteiger partial charge in [-0.15, -0.1) is 0 Å². The molecule has 56 heavy (non-hydrogen) atoms. The first kappa shape index (κ1) is 39.9. The highest BCUT2D eigenvalue weighted by Gasteiger charge is 2.60. The van der Waals surface area contributed by atoms with Crippen LogP contribution in [-0.4, -0.2) is 22.6 Å². The summed E-state index contributed by atoms with van der Waals surface area (Å²) >= 11 is 0. The molecule has 0 spiro atoms. The second-order valence-electron chi connectivity index (χ2n) is 16.6. The predicted octanol–water partition coefficient (Wildman–Crippen LogP) is 10.4. The molecule has 6 nitrogen and oxygen atoms in total. The Kier molecular flexibility index (Phi) is 11.5. The first-order valence-electron chi connectivity index (χ1n) is 19.2. The summed E-state index contributed by atoms with van der Waals surface area (Å²) in [5, 5.41) is 23.5. The van der Waals surface area contributed by atoms with Gasteiger partial charge in [-0.1, -0.05) is 187 Å². The Labute approximate surface area is 332 Å². The topological polar surface area (TPSA) is 117 Å². The van der Waals surface area contributed by atoms with Crippen molar-refractivity contribution < 1.29 is 10.2 Å². The molecular formula is C50H54N4O2. The lowest BCUT2D eigenvalue weighted by Gasteiger charge is -2.52. The van der Waals surface area contributed by atoms with E-state index in [0.29, 0.717) is 11.1 Å². The van der Waals surface area contributed by atoms with Crippen LogP contribution in [0.4, 0.5) is 0 Å². The summed E-state index contributed by atoms with van der Waals surface area (Å²) in [5.41, 5.74) is 18.0. The van der Waals surface area contributed by atoms with Gasteiger partial charge in [-0.3, -0.25) is 9.98 Å². The zero-order valence-electron chi connectivity index (χ0n) is 33.3. The van der Waals surface area contributed by atoms with Gasteiger partial charge in [0.2, 0.25) is 0 Å². The van der Waals surface area contributed by atoms with Gasteiger partial charge >= 0.3 is 0 Å². The second kappa shape index (κ2) is 16.1. The Morgan fingerprint density at radius 1 is 0.500 bits per heavy atom. The zero-order chi connectivity index (χ0) is 40.1. The van der Waals surface area contributed by atoms with Crippen molar-refractivity contribution in [3.05, 3.63) is 202 Å². The summed E-state index contributed by atoms with van der Waals surface area (Å²) in [4.78, 5) is 11.1. The third kappa shape index (κ3) is 7.68. The van der Waals surface area contributed by atoms with E-state index in [4.69, 9.17) is 21.5 Å². The number of phenolic OH excluding ortho intramolecular Hbond substituents is 2. The van der Waals surface area contributed by atoms with Gasteiger partial charge < -0.3 is 21.7 Å². The largest absolute Gasteiger partial charge is 0.507 e. The Morgan fingerprint density at radius 2 is 0.911 bits per heavy atom. The first-order chi connectivity index (χ1) is 26.7. The molecule has 0 fully saturated rings. The molecule has 0 heterocycles. The maximum Gasteiger partial charge on any atom is 0.136 e. The van der Waals surface area contributed by atoms with Gasteiger partial charge in [0, 0.05) is 23.6 Å². The van der Waals surface area contributed by atoms with Gasteiger partial charge in [0.15, 0.2) is 0 Å². The van der Waals surface area contributed by atoms with Crippen LogP contribution < -0.4 is 11.5 Å². The molecule has 0 radical (unpaired) electrons. The normalized spacial score (nSPS) is 15.6. The molecule has 2 unspecified atom stereocenters. The maximum atomic E-state index is 11.8. The van der Waals surface area contributed by atoms with E-state index < -0.39 is 23.2 Å². The molecule has 286 valence electrons. The number of aliphatic imine (C=N–C) groups is 2. The van der Waals surface area contributed by atoms with Crippen molar-refractivity contribution >= 4 is 12.4 Å². The average Bonchev–Trinajstić information content (AvgIpc) is 3.20. The number of rotatable bonds is 11. The van der Waals surface area contributed by atoms with E-state index in [-0.39, 0.29) is 22.3 Å². The smallest absolute Gasteiger partial charge is 0.136 e. The Morgan fingerprint density at radius 3 is 1.38 bits per heavy atom. The summed E-state index contributed by atoms with van der Waals surface area (Å²) in [5.74, 6) is 0.306. The highest BCUT2D eigenvalue weighted by molar-refractivity contribution is 5.86. The highest BCUT2D eigenvalue weighted by atomic mass is 16.3. The van der Waals surface area contributed by atoms with E-state index in [1.165, 1.54) is 0 Å². The monoisotopic (exact) mass is 742 g/mol. The first-order valence-corrected chi connectivity index (χ1v) is 19.2. The summed E-state index contributed by atoms with van der Waals surface area (Å²) in [6.45, 7) is 12.4. The van der Waals surface area contributed by atoms with Crippen molar-refractivity contribution in [3.8, 4) is 11.5 Å². The predicted molar refractivity (Wildman–Crippen MR) is 232 cm³/mol. The quantitative estimate of drug-likeness (QED) is 0.0989. The molecule has 6 N–H and O–H groups in total. The van der Waals surface area contributed by atoms with Gasteiger partial charge in [0.25, 0.3) is 0 Å². The number of hydrogen-bond acceptors (Lipinski definition) is 6. The summed E-state index contributed by atoms with van der Waals surface area (Å²) in [6, 6.07) is 49.5. The van der Waals surface area contributed by atoms with Crippen LogP contribution in [-0.2, 0) is 21.9 Å². The maximum absolute atomic E-state index is 11.8.